The largest absolute Gasteiger partial charge is 0.326 e. The molecule has 5 nitrogen and oxygen atoms in total. The van der Waals surface area contributed by atoms with Gasteiger partial charge >= 0.3 is 0 Å². The molecule has 106 valence electrons. The zero-order chi connectivity index (χ0) is 14.8. The number of hydrogen-bond donors (Lipinski definition) is 2. The van der Waals surface area contributed by atoms with Gasteiger partial charge in [-0.05, 0) is 40.5 Å². The number of nitrogens with two attached hydrogens (primary N) is 1. The fourth-order valence-electron chi connectivity index (χ4n) is 1.27. The first-order valence-electron chi connectivity index (χ1n) is 5.71. The Morgan fingerprint density at radius 1 is 1.42 bits per heavy atom. The maximum atomic E-state index is 12.0. The van der Waals surface area contributed by atoms with Gasteiger partial charge in [0, 0.05) is 15.6 Å². The fourth-order valence-corrected chi connectivity index (χ4v) is 2.91. The van der Waals surface area contributed by atoms with Gasteiger partial charge in [-0.15, -0.1) is 0 Å². The Kier molecular flexibility index (Phi) is 4.76. The summed E-state index contributed by atoms with van der Waals surface area (Å²) in [4.78, 5) is 12.0. The van der Waals surface area contributed by atoms with Gasteiger partial charge < -0.3 is 5.32 Å². The van der Waals surface area contributed by atoms with Crippen LogP contribution in [-0.2, 0) is 14.8 Å². The minimum atomic E-state index is -3.77. The molecule has 1 aromatic rings. The number of carbonyl (C=O) groups is 1. The van der Waals surface area contributed by atoms with Gasteiger partial charge in [-0.25, -0.2) is 13.6 Å². The Morgan fingerprint density at radius 3 is 2.42 bits per heavy atom. The van der Waals surface area contributed by atoms with Gasteiger partial charge in [-0.1, -0.05) is 20.8 Å². The van der Waals surface area contributed by atoms with Crippen molar-refractivity contribution in [3.63, 3.8) is 0 Å². The highest BCUT2D eigenvalue weighted by atomic mass is 79.9. The summed E-state index contributed by atoms with van der Waals surface area (Å²) in [6, 6.07) is 4.38. The third kappa shape index (κ3) is 4.02. The average molecular weight is 349 g/mol. The number of hydrogen-bond acceptors (Lipinski definition) is 3. The number of primary sulfonamides is 1. The van der Waals surface area contributed by atoms with Gasteiger partial charge in [0.2, 0.25) is 15.9 Å². The lowest BCUT2D eigenvalue weighted by Gasteiger charge is -2.21. The summed E-state index contributed by atoms with van der Waals surface area (Å²) < 4.78 is 22.8. The molecule has 0 spiro atoms. The maximum absolute atomic E-state index is 12.0. The van der Waals surface area contributed by atoms with Crippen LogP contribution in [0.2, 0.25) is 0 Å². The third-order valence-corrected chi connectivity index (χ3v) is 4.88. The van der Waals surface area contributed by atoms with Gasteiger partial charge in [0.15, 0.2) is 0 Å². The predicted molar refractivity (Wildman–Crippen MR) is 78.2 cm³/mol. The molecular formula is C12H17BrN2O3S. The standard InChI is InChI=1S/C12H17BrN2O3S/c1-4-12(2,3)11(16)15-8-5-6-10(9(13)7-8)19(14,17)18/h5-7H,4H2,1-3H3,(H,15,16)(H2,14,17,18). The van der Waals surface area contributed by atoms with Crippen LogP contribution in [0.25, 0.3) is 0 Å². The lowest BCUT2D eigenvalue weighted by atomic mass is 9.89. The van der Waals surface area contributed by atoms with Crippen molar-refractivity contribution in [1.82, 2.24) is 0 Å². The number of halogens is 1. The van der Waals surface area contributed by atoms with Gasteiger partial charge in [0.25, 0.3) is 0 Å². The normalized spacial score (nSPS) is 12.3. The molecule has 1 aromatic carbocycles. The van der Waals surface area contributed by atoms with Crippen LogP contribution in [0.3, 0.4) is 0 Å². The minimum absolute atomic E-state index is 0.0137. The number of benzene rings is 1. The van der Waals surface area contributed by atoms with E-state index < -0.39 is 15.4 Å². The topological polar surface area (TPSA) is 89.3 Å². The molecule has 0 aliphatic carbocycles. The fraction of sp³-hybridized carbons (Fsp3) is 0.417. The average Bonchev–Trinajstić information content (AvgIpc) is 2.27. The highest BCUT2D eigenvalue weighted by Crippen LogP contribution is 2.27. The molecule has 0 saturated carbocycles. The SMILES string of the molecule is CCC(C)(C)C(=O)Nc1ccc(S(N)(=O)=O)c(Br)c1. The minimum Gasteiger partial charge on any atom is -0.326 e. The van der Waals surface area contributed by atoms with E-state index in [9.17, 15) is 13.2 Å². The molecule has 0 fully saturated rings. The second-order valence-electron chi connectivity index (χ2n) is 4.88. The van der Waals surface area contributed by atoms with Crippen molar-refractivity contribution < 1.29 is 13.2 Å². The lowest BCUT2D eigenvalue weighted by Crippen LogP contribution is -2.30. The van der Waals surface area contributed by atoms with Crippen molar-refractivity contribution in [2.45, 2.75) is 32.1 Å². The van der Waals surface area contributed by atoms with Crippen LogP contribution in [0.4, 0.5) is 5.69 Å². The summed E-state index contributed by atoms with van der Waals surface area (Å²) >= 11 is 3.13. The van der Waals surface area contributed by atoms with E-state index in [1.165, 1.54) is 18.2 Å². The number of nitrogens with one attached hydrogen (secondary N) is 1. The van der Waals surface area contributed by atoms with Crippen molar-refractivity contribution in [2.75, 3.05) is 5.32 Å². The van der Waals surface area contributed by atoms with E-state index in [1.54, 1.807) is 0 Å². The Balaban J connectivity index is 3.01. The predicted octanol–water partition coefficient (Wildman–Crippen LogP) is 2.47. The Hall–Kier alpha value is -0.920. The first-order chi connectivity index (χ1) is 8.58. The number of sulfonamides is 1. The van der Waals surface area contributed by atoms with E-state index >= 15 is 0 Å². The molecule has 0 saturated heterocycles. The highest BCUT2D eigenvalue weighted by molar-refractivity contribution is 9.10. The molecule has 7 heteroatoms. The molecule has 0 radical (unpaired) electrons. The van der Waals surface area contributed by atoms with E-state index in [1.807, 2.05) is 20.8 Å². The highest BCUT2D eigenvalue weighted by Gasteiger charge is 2.25. The van der Waals surface area contributed by atoms with Crippen LogP contribution in [0.15, 0.2) is 27.6 Å². The van der Waals surface area contributed by atoms with E-state index in [-0.39, 0.29) is 10.8 Å². The molecule has 0 aromatic heterocycles. The quantitative estimate of drug-likeness (QED) is 0.875. The third-order valence-electron chi connectivity index (χ3n) is 2.99. The van der Waals surface area contributed by atoms with Crippen molar-refractivity contribution >= 4 is 37.5 Å². The zero-order valence-electron chi connectivity index (χ0n) is 11.0. The van der Waals surface area contributed by atoms with Crippen LogP contribution in [0.5, 0.6) is 0 Å². The number of anilines is 1. The molecule has 0 aliphatic rings. The molecular weight excluding hydrogens is 332 g/mol. The molecule has 1 rings (SSSR count). The van der Waals surface area contributed by atoms with Crippen LogP contribution in [0, 0.1) is 5.41 Å². The molecule has 19 heavy (non-hydrogen) atoms. The summed E-state index contributed by atoms with van der Waals surface area (Å²) in [6.45, 7) is 5.62. The van der Waals surface area contributed by atoms with Crippen LogP contribution >= 0.6 is 15.9 Å². The van der Waals surface area contributed by atoms with E-state index in [0.717, 1.165) is 0 Å². The first kappa shape index (κ1) is 16.1. The van der Waals surface area contributed by atoms with Crippen LogP contribution < -0.4 is 10.5 Å². The van der Waals surface area contributed by atoms with Crippen molar-refractivity contribution in [3.05, 3.63) is 22.7 Å². The van der Waals surface area contributed by atoms with Crippen molar-refractivity contribution in [1.29, 1.82) is 0 Å². The van der Waals surface area contributed by atoms with Gasteiger partial charge in [0.05, 0.1) is 4.90 Å². The molecule has 0 bridgehead atoms. The molecule has 0 aliphatic heterocycles. The second-order valence-corrected chi connectivity index (χ2v) is 7.27. The Labute approximate surface area is 121 Å². The number of carbonyl (C=O) groups excluding carboxylic acids is 1. The molecule has 1 amide bonds. The van der Waals surface area contributed by atoms with Crippen LogP contribution in [0.1, 0.15) is 27.2 Å². The van der Waals surface area contributed by atoms with E-state index in [2.05, 4.69) is 21.2 Å². The molecule has 3 N–H and O–H groups in total. The van der Waals surface area contributed by atoms with Crippen LogP contribution in [-0.4, -0.2) is 14.3 Å². The summed E-state index contributed by atoms with van der Waals surface area (Å²) in [7, 11) is -3.77. The van der Waals surface area contributed by atoms with Gasteiger partial charge in [0.1, 0.15) is 0 Å². The van der Waals surface area contributed by atoms with E-state index in [0.29, 0.717) is 16.6 Å². The molecule has 0 heterocycles. The summed E-state index contributed by atoms with van der Waals surface area (Å²) in [5, 5.41) is 7.80. The summed E-state index contributed by atoms with van der Waals surface area (Å²) in [6.07, 6.45) is 0.704. The Morgan fingerprint density at radius 2 is 2.00 bits per heavy atom. The van der Waals surface area contributed by atoms with Crippen molar-refractivity contribution in [3.8, 4) is 0 Å². The molecule has 0 unspecified atom stereocenters. The summed E-state index contributed by atoms with van der Waals surface area (Å²) in [5.41, 5.74) is 0.0382. The maximum Gasteiger partial charge on any atom is 0.239 e. The first-order valence-corrected chi connectivity index (χ1v) is 8.05. The zero-order valence-corrected chi connectivity index (χ0v) is 13.4. The monoisotopic (exact) mass is 348 g/mol. The molecule has 0 atom stereocenters. The summed E-state index contributed by atoms with van der Waals surface area (Å²) in [5.74, 6) is -0.120. The smallest absolute Gasteiger partial charge is 0.239 e. The van der Waals surface area contributed by atoms with Crippen molar-refractivity contribution in [2.24, 2.45) is 10.6 Å². The van der Waals surface area contributed by atoms with E-state index in [4.69, 9.17) is 5.14 Å². The Bertz CT molecular complexity index is 597. The van der Waals surface area contributed by atoms with Gasteiger partial charge in [-0.3, -0.25) is 4.79 Å². The number of rotatable bonds is 4. The van der Waals surface area contributed by atoms with Gasteiger partial charge in [-0.2, -0.15) is 0 Å². The number of amides is 1. The lowest BCUT2D eigenvalue weighted by molar-refractivity contribution is -0.124. The second kappa shape index (κ2) is 5.60.